The zero-order valence-electron chi connectivity index (χ0n) is 10.3. The van der Waals surface area contributed by atoms with Crippen molar-refractivity contribution < 1.29 is 19.8 Å². The molecule has 0 aliphatic heterocycles. The van der Waals surface area contributed by atoms with Gasteiger partial charge in [0, 0.05) is 37.9 Å². The van der Waals surface area contributed by atoms with Crippen LogP contribution in [0, 0.1) is 0 Å². The second kappa shape index (κ2) is 7.95. The molecule has 9 heteroatoms. The number of anilines is 1. The molecule has 1 rings (SSSR count). The zero-order valence-corrected chi connectivity index (χ0v) is 12.0. The van der Waals surface area contributed by atoms with Crippen molar-refractivity contribution in [2.75, 3.05) is 23.7 Å². The van der Waals surface area contributed by atoms with Crippen molar-refractivity contribution in [2.24, 2.45) is 0 Å². The summed E-state index contributed by atoms with van der Waals surface area (Å²) in [6.45, 7) is 2.26. The molecule has 1 aromatic rings. The number of carbonyl (C=O) groups excluding carboxylic acids is 2. The molecule has 0 saturated carbocycles. The quantitative estimate of drug-likeness (QED) is 0.520. The summed E-state index contributed by atoms with van der Waals surface area (Å²) in [4.78, 5) is 22.5. The van der Waals surface area contributed by atoms with Crippen LogP contribution in [0.5, 0.6) is 0 Å². The van der Waals surface area contributed by atoms with Crippen LogP contribution in [0.3, 0.4) is 0 Å². The normalized spacial score (nSPS) is 10.4. The summed E-state index contributed by atoms with van der Waals surface area (Å²) in [5.41, 5.74) is 0. The summed E-state index contributed by atoms with van der Waals surface area (Å²) in [6.07, 6.45) is -0.383. The molecule has 7 nitrogen and oxygen atoms in total. The number of nitrogens with zero attached hydrogens (tertiary/aromatic N) is 3. The average Bonchev–Trinajstić information content (AvgIpc) is 2.77. The van der Waals surface area contributed by atoms with Crippen molar-refractivity contribution in [3.8, 4) is 0 Å². The summed E-state index contributed by atoms with van der Waals surface area (Å²) < 4.78 is 0.768. The van der Waals surface area contributed by atoms with Crippen LogP contribution in [0.4, 0.5) is 5.13 Å². The van der Waals surface area contributed by atoms with Gasteiger partial charge in [-0.1, -0.05) is 30.0 Å². The first kappa shape index (κ1) is 15.7. The van der Waals surface area contributed by atoms with Crippen LogP contribution in [0.15, 0.2) is 4.34 Å². The van der Waals surface area contributed by atoms with Crippen molar-refractivity contribution in [2.45, 2.75) is 24.1 Å². The minimum Gasteiger partial charge on any atom is -0.550 e. The van der Waals surface area contributed by atoms with Gasteiger partial charge in [0.2, 0.25) is 5.13 Å². The lowest BCUT2D eigenvalue weighted by atomic mass is 10.3. The van der Waals surface area contributed by atoms with E-state index in [4.69, 9.17) is 0 Å². The molecule has 1 aromatic heterocycles. The molecule has 19 heavy (non-hydrogen) atoms. The average molecular weight is 303 g/mol. The first-order valence-corrected chi connectivity index (χ1v) is 7.44. The van der Waals surface area contributed by atoms with E-state index < -0.39 is 11.9 Å². The van der Waals surface area contributed by atoms with Gasteiger partial charge in [-0.25, -0.2) is 0 Å². The Morgan fingerprint density at radius 1 is 1.21 bits per heavy atom. The third kappa shape index (κ3) is 5.88. The number of aliphatic carboxylic acids is 2. The summed E-state index contributed by atoms with van der Waals surface area (Å²) in [5.74, 6) is -1.52. The van der Waals surface area contributed by atoms with E-state index in [1.54, 1.807) is 4.90 Å². The number of thioether (sulfide) groups is 1. The van der Waals surface area contributed by atoms with Crippen molar-refractivity contribution in [3.63, 3.8) is 0 Å². The molecule has 0 N–H and O–H groups in total. The monoisotopic (exact) mass is 303 g/mol. The fourth-order valence-corrected chi connectivity index (χ4v) is 3.06. The Labute approximate surface area is 118 Å². The molecule has 0 unspecified atom stereocenters. The molecule has 0 fully saturated rings. The van der Waals surface area contributed by atoms with Gasteiger partial charge in [0.05, 0.1) is 0 Å². The van der Waals surface area contributed by atoms with Crippen LogP contribution in [0.2, 0.25) is 0 Å². The van der Waals surface area contributed by atoms with Gasteiger partial charge in [-0.05, 0) is 5.75 Å². The van der Waals surface area contributed by atoms with Crippen LogP contribution in [0.25, 0.3) is 0 Å². The molecule has 0 saturated heterocycles. The first-order chi connectivity index (χ1) is 9.02. The van der Waals surface area contributed by atoms with Gasteiger partial charge < -0.3 is 24.7 Å². The number of carboxylic acid groups (broad SMARTS) is 2. The second-order valence-corrected chi connectivity index (χ2v) is 5.98. The number of hydrogen-bond acceptors (Lipinski definition) is 9. The fraction of sp³-hybridized carbons (Fsp3) is 0.600. The second-order valence-electron chi connectivity index (χ2n) is 3.51. The molecule has 0 amide bonds. The maximum Gasteiger partial charge on any atom is 0.209 e. The Kier molecular flexibility index (Phi) is 6.57. The van der Waals surface area contributed by atoms with Crippen LogP contribution >= 0.6 is 23.1 Å². The Hall–Kier alpha value is -1.35. The number of carboxylic acids is 2. The third-order valence-electron chi connectivity index (χ3n) is 2.11. The molecular formula is C10H13N3O4S2-2. The number of carbonyl (C=O) groups is 2. The number of hydrogen-bond donors (Lipinski definition) is 0. The fourth-order valence-electron chi connectivity index (χ4n) is 1.27. The van der Waals surface area contributed by atoms with E-state index in [0.29, 0.717) is 5.13 Å². The van der Waals surface area contributed by atoms with Gasteiger partial charge >= 0.3 is 0 Å². The van der Waals surface area contributed by atoms with Gasteiger partial charge in [0.25, 0.3) is 0 Å². The first-order valence-electron chi connectivity index (χ1n) is 5.64. The van der Waals surface area contributed by atoms with Gasteiger partial charge in [-0.2, -0.15) is 0 Å². The smallest absolute Gasteiger partial charge is 0.209 e. The lowest BCUT2D eigenvalue weighted by Gasteiger charge is -2.21. The van der Waals surface area contributed by atoms with Gasteiger partial charge in [0.1, 0.15) is 0 Å². The molecule has 0 radical (unpaired) electrons. The van der Waals surface area contributed by atoms with Crippen LogP contribution < -0.4 is 15.1 Å². The van der Waals surface area contributed by atoms with Gasteiger partial charge in [-0.15, -0.1) is 10.2 Å². The lowest BCUT2D eigenvalue weighted by molar-refractivity contribution is -0.306. The SMILES string of the molecule is CCSc1nnc(N(CCC(=O)[O-])CCC(=O)[O-])s1. The Bertz CT molecular complexity index is 420. The molecule has 106 valence electrons. The highest BCUT2D eigenvalue weighted by molar-refractivity contribution is 8.01. The van der Waals surface area contributed by atoms with E-state index in [9.17, 15) is 19.8 Å². The third-order valence-corrected chi connectivity index (χ3v) is 4.11. The minimum atomic E-state index is -1.19. The standard InChI is InChI=1S/C10H15N3O4S2/c1-2-18-10-12-11-9(19-10)13(5-3-7(14)15)6-4-8(16)17/h2-6H2,1H3,(H,14,15)(H,16,17)/p-2. The minimum absolute atomic E-state index is 0.140. The van der Waals surface area contributed by atoms with Crippen LogP contribution in [0.1, 0.15) is 19.8 Å². The Balaban J connectivity index is 2.68. The summed E-state index contributed by atoms with van der Waals surface area (Å²) in [7, 11) is 0. The van der Waals surface area contributed by atoms with Crippen LogP contribution in [-0.2, 0) is 9.59 Å². The Morgan fingerprint density at radius 2 is 1.79 bits per heavy atom. The highest BCUT2D eigenvalue weighted by atomic mass is 32.2. The molecule has 0 spiro atoms. The van der Waals surface area contributed by atoms with Crippen molar-refractivity contribution in [3.05, 3.63) is 0 Å². The van der Waals surface area contributed by atoms with E-state index in [2.05, 4.69) is 10.2 Å². The predicted octanol–water partition coefficient (Wildman–Crippen LogP) is -1.26. The van der Waals surface area contributed by atoms with E-state index in [-0.39, 0.29) is 25.9 Å². The van der Waals surface area contributed by atoms with Crippen molar-refractivity contribution in [1.82, 2.24) is 10.2 Å². The Morgan fingerprint density at radius 3 is 2.26 bits per heavy atom. The predicted molar refractivity (Wildman–Crippen MR) is 67.8 cm³/mol. The number of aromatic nitrogens is 2. The number of rotatable bonds is 9. The molecule has 0 aliphatic rings. The topological polar surface area (TPSA) is 109 Å². The molecule has 0 atom stereocenters. The summed E-state index contributed by atoms with van der Waals surface area (Å²) in [6, 6.07) is 0. The lowest BCUT2D eigenvalue weighted by Crippen LogP contribution is -2.34. The highest BCUT2D eigenvalue weighted by Crippen LogP contribution is 2.27. The van der Waals surface area contributed by atoms with Crippen molar-refractivity contribution >= 4 is 40.2 Å². The van der Waals surface area contributed by atoms with E-state index in [0.717, 1.165) is 10.1 Å². The molecule has 0 bridgehead atoms. The molecule has 1 heterocycles. The largest absolute Gasteiger partial charge is 0.550 e. The van der Waals surface area contributed by atoms with Gasteiger partial charge in [-0.3, -0.25) is 0 Å². The van der Waals surface area contributed by atoms with Crippen molar-refractivity contribution in [1.29, 1.82) is 0 Å². The van der Waals surface area contributed by atoms with E-state index in [1.165, 1.54) is 23.1 Å². The molecule has 0 aliphatic carbocycles. The summed E-state index contributed by atoms with van der Waals surface area (Å²) in [5, 5.41) is 29.4. The highest BCUT2D eigenvalue weighted by Gasteiger charge is 2.12. The summed E-state index contributed by atoms with van der Waals surface area (Å²) >= 11 is 2.83. The van der Waals surface area contributed by atoms with E-state index >= 15 is 0 Å². The molecular weight excluding hydrogens is 290 g/mol. The van der Waals surface area contributed by atoms with E-state index in [1.807, 2.05) is 6.92 Å². The maximum absolute atomic E-state index is 10.5. The van der Waals surface area contributed by atoms with Crippen LogP contribution in [-0.4, -0.2) is 41.0 Å². The van der Waals surface area contributed by atoms with Gasteiger partial charge in [0.15, 0.2) is 4.34 Å². The maximum atomic E-state index is 10.5. The molecule has 0 aromatic carbocycles. The zero-order chi connectivity index (χ0) is 14.3.